The number of rotatable bonds is 6. The molecule has 0 saturated carbocycles. The van der Waals surface area contributed by atoms with Crippen LogP contribution in [0.4, 0.5) is 4.79 Å². The summed E-state index contributed by atoms with van der Waals surface area (Å²) in [7, 11) is 1.54. The third-order valence-electron chi connectivity index (χ3n) is 6.17. The zero-order valence-corrected chi connectivity index (χ0v) is 20.3. The van der Waals surface area contributed by atoms with E-state index in [2.05, 4.69) is 34.4 Å². The average molecular weight is 473 g/mol. The van der Waals surface area contributed by atoms with E-state index in [0.717, 1.165) is 35.4 Å². The number of nitrogens with zero attached hydrogens (tertiary/aromatic N) is 2. The summed E-state index contributed by atoms with van der Waals surface area (Å²) >= 11 is 0. The lowest BCUT2D eigenvalue weighted by Gasteiger charge is -2.26. The zero-order valence-electron chi connectivity index (χ0n) is 20.3. The Morgan fingerprint density at radius 3 is 2.66 bits per heavy atom. The highest BCUT2D eigenvalue weighted by molar-refractivity contribution is 6.10. The Bertz CT molecular complexity index is 1300. The van der Waals surface area contributed by atoms with Gasteiger partial charge in [0.05, 0.1) is 13.7 Å². The number of benzene rings is 2. The van der Waals surface area contributed by atoms with E-state index in [1.54, 1.807) is 12.1 Å². The van der Waals surface area contributed by atoms with Crippen molar-refractivity contribution in [2.45, 2.75) is 39.3 Å². The normalized spacial score (nSPS) is 19.1. The van der Waals surface area contributed by atoms with Crippen molar-refractivity contribution in [1.82, 2.24) is 15.5 Å². The highest BCUT2D eigenvalue weighted by Crippen LogP contribution is 2.28. The van der Waals surface area contributed by atoms with Crippen molar-refractivity contribution < 1.29 is 19.1 Å². The zero-order chi connectivity index (χ0) is 25.2. The van der Waals surface area contributed by atoms with E-state index in [1.807, 2.05) is 38.1 Å². The van der Waals surface area contributed by atoms with Crippen LogP contribution in [0.2, 0.25) is 0 Å². The van der Waals surface area contributed by atoms with Gasteiger partial charge in [0, 0.05) is 29.9 Å². The molecule has 2 aromatic rings. The number of aryl methyl sites for hydroxylation is 1. The molecule has 2 aromatic carbocycles. The number of urea groups is 1. The molecule has 0 aromatic heterocycles. The maximum Gasteiger partial charge on any atom is 0.323 e. The number of nitrogens with one attached hydrogen (secondary N) is 2. The van der Waals surface area contributed by atoms with Crippen molar-refractivity contribution in [2.24, 2.45) is 4.99 Å². The molecule has 2 heterocycles. The van der Waals surface area contributed by atoms with Crippen molar-refractivity contribution in [1.29, 1.82) is 0 Å². The van der Waals surface area contributed by atoms with Gasteiger partial charge in [0.15, 0.2) is 0 Å². The number of hydrogen-bond donors (Lipinski definition) is 2. The number of fused-ring (bicyclic) bond motifs is 1. The molecule has 2 N–H and O–H groups in total. The number of carbonyl (C=O) groups excluding carboxylic acids is 3. The average Bonchev–Trinajstić information content (AvgIpc) is 3.30. The van der Waals surface area contributed by atoms with Crippen LogP contribution in [0.1, 0.15) is 52.9 Å². The molecule has 1 atom stereocenters. The van der Waals surface area contributed by atoms with E-state index in [-0.39, 0.29) is 12.5 Å². The van der Waals surface area contributed by atoms with Crippen LogP contribution in [-0.2, 0) is 11.3 Å². The lowest BCUT2D eigenvalue weighted by atomic mass is 9.97. The highest BCUT2D eigenvalue weighted by Gasteiger charge is 2.48. The molecule has 0 spiro atoms. The monoisotopic (exact) mass is 472 g/mol. The minimum absolute atomic E-state index is 0.0761. The maximum atomic E-state index is 13.0. The first-order valence-electron chi connectivity index (χ1n) is 11.5. The van der Waals surface area contributed by atoms with Gasteiger partial charge in [-0.3, -0.25) is 19.9 Å². The van der Waals surface area contributed by atoms with Gasteiger partial charge in [0.1, 0.15) is 5.75 Å². The van der Waals surface area contributed by atoms with Crippen LogP contribution in [0.15, 0.2) is 41.4 Å². The first kappa shape index (κ1) is 24.0. The summed E-state index contributed by atoms with van der Waals surface area (Å²) < 4.78 is 5.23. The summed E-state index contributed by atoms with van der Waals surface area (Å²) in [4.78, 5) is 44.0. The van der Waals surface area contributed by atoms with Crippen molar-refractivity contribution in [3.63, 3.8) is 0 Å². The predicted octanol–water partition coefficient (Wildman–Crippen LogP) is 2.81. The summed E-state index contributed by atoms with van der Waals surface area (Å²) in [5.41, 5.74) is 3.52. The van der Waals surface area contributed by atoms with E-state index in [9.17, 15) is 14.4 Å². The SMILES string of the molecule is CCCN=C(C)c1ccc(C#C[C@]2(CN3Cc4ccc(OC)cc4C3=O)NC(=O)NC2=O)cc1C. The van der Waals surface area contributed by atoms with Gasteiger partial charge in [-0.2, -0.15) is 0 Å². The number of imide groups is 1. The van der Waals surface area contributed by atoms with Crippen molar-refractivity contribution in [3.8, 4) is 17.6 Å². The summed E-state index contributed by atoms with van der Waals surface area (Å²) in [6.07, 6.45) is 0.980. The van der Waals surface area contributed by atoms with Crippen LogP contribution in [0.3, 0.4) is 0 Å². The number of carbonyl (C=O) groups is 3. The molecule has 8 nitrogen and oxygen atoms in total. The molecule has 0 radical (unpaired) electrons. The second-order valence-electron chi connectivity index (χ2n) is 8.74. The Morgan fingerprint density at radius 1 is 1.20 bits per heavy atom. The van der Waals surface area contributed by atoms with Crippen LogP contribution in [0.5, 0.6) is 5.75 Å². The summed E-state index contributed by atoms with van der Waals surface area (Å²) in [5, 5.41) is 4.90. The van der Waals surface area contributed by atoms with E-state index < -0.39 is 17.5 Å². The van der Waals surface area contributed by atoms with Crippen LogP contribution < -0.4 is 15.4 Å². The third-order valence-corrected chi connectivity index (χ3v) is 6.17. The minimum Gasteiger partial charge on any atom is -0.497 e. The van der Waals surface area contributed by atoms with Gasteiger partial charge in [-0.25, -0.2) is 4.79 Å². The topological polar surface area (TPSA) is 100 Å². The van der Waals surface area contributed by atoms with Crippen LogP contribution in [0, 0.1) is 18.8 Å². The highest BCUT2D eigenvalue weighted by atomic mass is 16.5. The quantitative estimate of drug-likeness (QED) is 0.384. The number of methoxy groups -OCH3 is 1. The van der Waals surface area contributed by atoms with Crippen LogP contribution >= 0.6 is 0 Å². The molecule has 0 bridgehead atoms. The lowest BCUT2D eigenvalue weighted by Crippen LogP contribution is -2.54. The molecule has 0 aliphatic carbocycles. The molecule has 0 unspecified atom stereocenters. The molecule has 4 amide bonds. The smallest absolute Gasteiger partial charge is 0.323 e. The summed E-state index contributed by atoms with van der Waals surface area (Å²) in [6, 6.07) is 10.4. The Morgan fingerprint density at radius 2 is 2.00 bits per heavy atom. The van der Waals surface area contributed by atoms with Crippen molar-refractivity contribution >= 4 is 23.6 Å². The largest absolute Gasteiger partial charge is 0.497 e. The van der Waals surface area contributed by atoms with Gasteiger partial charge in [-0.05, 0) is 61.2 Å². The van der Waals surface area contributed by atoms with Crippen LogP contribution in [-0.4, -0.2) is 54.2 Å². The first-order chi connectivity index (χ1) is 16.8. The lowest BCUT2D eigenvalue weighted by molar-refractivity contribution is -0.122. The Balaban J connectivity index is 1.61. The number of ether oxygens (including phenoxy) is 1. The fourth-order valence-electron chi connectivity index (χ4n) is 4.30. The van der Waals surface area contributed by atoms with Gasteiger partial charge < -0.3 is 15.0 Å². The van der Waals surface area contributed by atoms with Crippen molar-refractivity contribution in [3.05, 3.63) is 64.2 Å². The second-order valence-corrected chi connectivity index (χ2v) is 8.74. The molecular formula is C27H28N4O4. The summed E-state index contributed by atoms with van der Waals surface area (Å²) in [6.45, 7) is 7.07. The number of aliphatic imine (C=N–C) groups is 1. The number of hydrogen-bond acceptors (Lipinski definition) is 5. The van der Waals surface area contributed by atoms with Gasteiger partial charge >= 0.3 is 6.03 Å². The van der Waals surface area contributed by atoms with E-state index in [1.165, 1.54) is 12.0 Å². The Hall–Kier alpha value is -4.12. The van der Waals surface area contributed by atoms with Gasteiger partial charge in [0.2, 0.25) is 5.54 Å². The summed E-state index contributed by atoms with van der Waals surface area (Å²) in [5.74, 6) is 5.75. The third kappa shape index (κ3) is 4.76. The molecule has 8 heteroatoms. The molecular weight excluding hydrogens is 444 g/mol. The molecule has 1 saturated heterocycles. The van der Waals surface area contributed by atoms with Gasteiger partial charge in [-0.15, -0.1) is 0 Å². The minimum atomic E-state index is -1.55. The van der Waals surface area contributed by atoms with E-state index >= 15 is 0 Å². The molecule has 180 valence electrons. The first-order valence-corrected chi connectivity index (χ1v) is 11.5. The Labute approximate surface area is 204 Å². The molecule has 2 aliphatic rings. The van der Waals surface area contributed by atoms with Gasteiger partial charge in [-0.1, -0.05) is 30.9 Å². The van der Waals surface area contributed by atoms with Crippen molar-refractivity contribution in [2.75, 3.05) is 20.2 Å². The van der Waals surface area contributed by atoms with E-state index in [0.29, 0.717) is 23.4 Å². The molecule has 4 rings (SSSR count). The van der Waals surface area contributed by atoms with Gasteiger partial charge in [0.25, 0.3) is 11.8 Å². The molecule has 35 heavy (non-hydrogen) atoms. The Kier molecular flexibility index (Phi) is 6.61. The molecule has 1 fully saturated rings. The fraction of sp³-hybridized carbons (Fsp3) is 0.333. The number of amides is 4. The molecule has 2 aliphatic heterocycles. The van der Waals surface area contributed by atoms with Crippen LogP contribution in [0.25, 0.3) is 0 Å². The fourth-order valence-corrected chi connectivity index (χ4v) is 4.30. The second kappa shape index (κ2) is 9.63. The standard InChI is InChI=1S/C27H28N4O4/c1-5-12-28-18(3)22-9-6-19(13-17(22)2)10-11-27(25(33)29-26(34)30-27)16-31-15-20-7-8-21(35-4)14-23(20)24(31)32/h6-9,13-14H,5,12,15-16H2,1-4H3,(H2,29,30,33,34)/t27-/m1/s1. The maximum absolute atomic E-state index is 13.0. The van der Waals surface area contributed by atoms with E-state index in [4.69, 9.17) is 4.74 Å². The predicted molar refractivity (Wildman–Crippen MR) is 133 cm³/mol.